The number of aryl methyl sites for hydroxylation is 1. The van der Waals surface area contributed by atoms with Crippen LogP contribution < -0.4 is 10.6 Å². The average Bonchev–Trinajstić information content (AvgIpc) is 2.72. The van der Waals surface area contributed by atoms with E-state index in [-0.39, 0.29) is 23.7 Å². The van der Waals surface area contributed by atoms with Gasteiger partial charge < -0.3 is 15.4 Å². The van der Waals surface area contributed by atoms with Gasteiger partial charge in [-0.1, -0.05) is 6.92 Å². The van der Waals surface area contributed by atoms with E-state index in [1.54, 1.807) is 0 Å². The fraction of sp³-hybridized carbons (Fsp3) is 0.667. The summed E-state index contributed by atoms with van der Waals surface area (Å²) < 4.78 is 42.9. The van der Waals surface area contributed by atoms with Gasteiger partial charge in [0, 0.05) is 20.1 Å². The molecule has 120 valence electrons. The van der Waals surface area contributed by atoms with E-state index in [1.165, 1.54) is 23.7 Å². The third-order valence-electron chi connectivity index (χ3n) is 2.89. The summed E-state index contributed by atoms with van der Waals surface area (Å²) in [6.07, 6.45) is -4.57. The number of rotatable bonds is 6. The van der Waals surface area contributed by atoms with Crippen LogP contribution >= 0.6 is 0 Å². The first kappa shape index (κ1) is 17.1. The minimum atomic E-state index is -4.28. The van der Waals surface area contributed by atoms with Crippen molar-refractivity contribution < 1.29 is 22.7 Å². The van der Waals surface area contributed by atoms with Crippen LogP contribution in [0.15, 0.2) is 0 Å². The van der Waals surface area contributed by atoms with Gasteiger partial charge >= 0.3 is 12.1 Å². The highest BCUT2D eigenvalue weighted by Crippen LogP contribution is 2.27. The molecule has 0 aliphatic carbocycles. The van der Waals surface area contributed by atoms with Gasteiger partial charge in [0.05, 0.1) is 13.5 Å². The number of aromatic nitrogens is 2. The fourth-order valence-corrected chi connectivity index (χ4v) is 1.81. The summed E-state index contributed by atoms with van der Waals surface area (Å²) in [4.78, 5) is 13.0. The van der Waals surface area contributed by atoms with Gasteiger partial charge in [-0.05, 0) is 6.42 Å². The van der Waals surface area contributed by atoms with Crippen LogP contribution in [-0.4, -0.2) is 42.6 Å². The Bertz CT molecular complexity index is 499. The molecule has 1 aromatic rings. The van der Waals surface area contributed by atoms with Gasteiger partial charge in [0.1, 0.15) is 11.4 Å². The molecular weight excluding hydrogens is 289 g/mol. The Morgan fingerprint density at radius 3 is 2.57 bits per heavy atom. The van der Waals surface area contributed by atoms with Crippen LogP contribution in [0.3, 0.4) is 0 Å². The number of methoxy groups -OCH3 is 1. The number of hydrogen-bond donors (Lipinski definition) is 1. The molecule has 0 aromatic carbocycles. The summed E-state index contributed by atoms with van der Waals surface area (Å²) in [7, 11) is 2.61. The zero-order chi connectivity index (χ0) is 16.2. The number of nitrogen functional groups attached to an aromatic ring is 1. The number of hydrogen-bond acceptors (Lipinski definition) is 5. The number of carbonyl (C=O) groups is 1. The first-order chi connectivity index (χ1) is 9.71. The smallest absolute Gasteiger partial charge is 0.390 e. The van der Waals surface area contributed by atoms with Crippen LogP contribution in [0.25, 0.3) is 0 Å². The highest BCUT2D eigenvalue weighted by Gasteiger charge is 2.30. The molecule has 0 aliphatic rings. The molecule has 6 nitrogen and oxygen atoms in total. The lowest BCUT2D eigenvalue weighted by Crippen LogP contribution is -2.26. The fourth-order valence-electron chi connectivity index (χ4n) is 1.81. The van der Waals surface area contributed by atoms with Crippen molar-refractivity contribution in [2.75, 3.05) is 31.3 Å². The van der Waals surface area contributed by atoms with Crippen LogP contribution in [0.5, 0.6) is 0 Å². The van der Waals surface area contributed by atoms with Crippen molar-refractivity contribution >= 4 is 17.6 Å². The topological polar surface area (TPSA) is 73.4 Å². The lowest BCUT2D eigenvalue weighted by atomic mass is 10.2. The molecule has 0 fully saturated rings. The Morgan fingerprint density at radius 1 is 1.48 bits per heavy atom. The number of ether oxygens (including phenoxy) is 1. The lowest BCUT2D eigenvalue weighted by molar-refractivity contribution is -0.132. The quantitative estimate of drug-likeness (QED) is 0.814. The third-order valence-corrected chi connectivity index (χ3v) is 2.89. The van der Waals surface area contributed by atoms with E-state index in [4.69, 9.17) is 5.73 Å². The Hall–Kier alpha value is -1.93. The molecule has 0 aliphatic heterocycles. The molecule has 0 saturated carbocycles. The molecule has 1 rings (SSSR count). The predicted molar refractivity (Wildman–Crippen MR) is 72.2 cm³/mol. The Balaban J connectivity index is 3.08. The molecule has 0 spiro atoms. The highest BCUT2D eigenvalue weighted by atomic mass is 19.4. The van der Waals surface area contributed by atoms with Crippen molar-refractivity contribution in [2.24, 2.45) is 0 Å². The SMILES string of the molecule is CCCn1nc(N(C)CCC(F)(F)F)c(C(=O)OC)c1N. The molecule has 1 heterocycles. The summed E-state index contributed by atoms with van der Waals surface area (Å²) in [6, 6.07) is 0. The first-order valence-electron chi connectivity index (χ1n) is 6.43. The summed E-state index contributed by atoms with van der Waals surface area (Å²) in [5, 5.41) is 4.12. The van der Waals surface area contributed by atoms with Crippen LogP contribution in [-0.2, 0) is 11.3 Å². The monoisotopic (exact) mass is 308 g/mol. The molecule has 0 unspecified atom stereocenters. The Labute approximate surface area is 120 Å². The number of nitrogens with two attached hydrogens (primary N) is 1. The van der Waals surface area contributed by atoms with Gasteiger partial charge in [0.25, 0.3) is 0 Å². The molecular formula is C12H19F3N4O2. The van der Waals surface area contributed by atoms with E-state index in [2.05, 4.69) is 9.84 Å². The second-order valence-corrected chi connectivity index (χ2v) is 4.59. The third kappa shape index (κ3) is 4.27. The van der Waals surface area contributed by atoms with Crippen molar-refractivity contribution in [3.63, 3.8) is 0 Å². The number of anilines is 2. The Kier molecular flexibility index (Phi) is 5.45. The number of alkyl halides is 3. The Morgan fingerprint density at radius 2 is 2.10 bits per heavy atom. The van der Waals surface area contributed by atoms with Gasteiger partial charge in [-0.3, -0.25) is 0 Å². The zero-order valence-electron chi connectivity index (χ0n) is 12.2. The summed E-state index contributed by atoms with van der Waals surface area (Å²) in [5.41, 5.74) is 5.83. The van der Waals surface area contributed by atoms with Crippen molar-refractivity contribution in [1.29, 1.82) is 0 Å². The normalized spacial score (nSPS) is 11.5. The number of esters is 1. The van der Waals surface area contributed by atoms with Crippen LogP contribution in [0, 0.1) is 0 Å². The van der Waals surface area contributed by atoms with Crippen molar-refractivity contribution in [1.82, 2.24) is 9.78 Å². The van der Waals surface area contributed by atoms with Gasteiger partial charge in [0.2, 0.25) is 0 Å². The highest BCUT2D eigenvalue weighted by molar-refractivity contribution is 5.99. The predicted octanol–water partition coefficient (Wildman–Crippen LogP) is 2.05. The van der Waals surface area contributed by atoms with E-state index < -0.39 is 18.6 Å². The maximum absolute atomic E-state index is 12.3. The number of nitrogens with zero attached hydrogens (tertiary/aromatic N) is 3. The standard InChI is InChI=1S/C12H19F3N4O2/c1-4-6-19-9(16)8(11(20)21-3)10(17-19)18(2)7-5-12(13,14)15/h4-7,16H2,1-3H3. The van der Waals surface area contributed by atoms with Crippen molar-refractivity contribution in [3.8, 4) is 0 Å². The van der Waals surface area contributed by atoms with E-state index in [0.29, 0.717) is 6.54 Å². The average molecular weight is 308 g/mol. The van der Waals surface area contributed by atoms with Crippen molar-refractivity contribution in [2.45, 2.75) is 32.5 Å². The molecule has 0 bridgehead atoms. The van der Waals surface area contributed by atoms with E-state index in [9.17, 15) is 18.0 Å². The van der Waals surface area contributed by atoms with Crippen LogP contribution in [0.1, 0.15) is 30.1 Å². The lowest BCUT2D eigenvalue weighted by Gasteiger charge is -2.18. The molecule has 1 aromatic heterocycles. The molecule has 0 atom stereocenters. The molecule has 9 heteroatoms. The molecule has 0 saturated heterocycles. The van der Waals surface area contributed by atoms with Gasteiger partial charge in [-0.15, -0.1) is 0 Å². The number of halogens is 3. The van der Waals surface area contributed by atoms with Crippen LogP contribution in [0.4, 0.5) is 24.8 Å². The molecule has 0 amide bonds. The first-order valence-corrected chi connectivity index (χ1v) is 6.43. The van der Waals surface area contributed by atoms with Crippen LogP contribution in [0.2, 0.25) is 0 Å². The van der Waals surface area contributed by atoms with Gasteiger partial charge in [-0.25, -0.2) is 9.48 Å². The largest absolute Gasteiger partial charge is 0.465 e. The summed E-state index contributed by atoms with van der Waals surface area (Å²) in [6.45, 7) is 2.03. The number of carbonyl (C=O) groups excluding carboxylic acids is 1. The molecule has 21 heavy (non-hydrogen) atoms. The maximum atomic E-state index is 12.3. The maximum Gasteiger partial charge on any atom is 0.390 e. The molecule has 2 N–H and O–H groups in total. The van der Waals surface area contributed by atoms with Gasteiger partial charge in [0.15, 0.2) is 5.82 Å². The van der Waals surface area contributed by atoms with Gasteiger partial charge in [-0.2, -0.15) is 18.3 Å². The van der Waals surface area contributed by atoms with E-state index >= 15 is 0 Å². The minimum absolute atomic E-state index is 0.00405. The zero-order valence-corrected chi connectivity index (χ0v) is 12.2. The van der Waals surface area contributed by atoms with E-state index in [1.807, 2.05) is 6.92 Å². The summed E-state index contributed by atoms with van der Waals surface area (Å²) >= 11 is 0. The second kappa shape index (κ2) is 6.68. The van der Waals surface area contributed by atoms with E-state index in [0.717, 1.165) is 6.42 Å². The van der Waals surface area contributed by atoms with Crippen molar-refractivity contribution in [3.05, 3.63) is 5.56 Å². The minimum Gasteiger partial charge on any atom is -0.465 e. The molecule has 0 radical (unpaired) electrons. The summed E-state index contributed by atoms with van der Waals surface area (Å²) in [5.74, 6) is -0.529. The second-order valence-electron chi connectivity index (χ2n) is 4.59.